The molecule has 0 atom stereocenters. The molecule has 112 valence electrons. The summed E-state index contributed by atoms with van der Waals surface area (Å²) in [7, 11) is 1.66. The Morgan fingerprint density at radius 1 is 1.43 bits per heavy atom. The Bertz CT molecular complexity index is 581. The van der Waals surface area contributed by atoms with Crippen LogP contribution < -0.4 is 10.1 Å². The van der Waals surface area contributed by atoms with Gasteiger partial charge in [-0.25, -0.2) is 4.98 Å². The predicted octanol–water partition coefficient (Wildman–Crippen LogP) is 1.34. The van der Waals surface area contributed by atoms with Gasteiger partial charge in [0.2, 0.25) is 5.91 Å². The maximum absolute atomic E-state index is 11.7. The molecule has 2 rings (SSSR count). The maximum Gasteiger partial charge on any atom is 0.221 e. The highest BCUT2D eigenvalue weighted by Gasteiger charge is 2.05. The van der Waals surface area contributed by atoms with E-state index in [0.717, 1.165) is 17.7 Å². The van der Waals surface area contributed by atoms with Crippen LogP contribution in [0.2, 0.25) is 0 Å². The second-order valence-electron chi connectivity index (χ2n) is 4.82. The Kier molecular flexibility index (Phi) is 5.31. The first kappa shape index (κ1) is 15.0. The van der Waals surface area contributed by atoms with Crippen molar-refractivity contribution in [2.75, 3.05) is 13.7 Å². The zero-order valence-corrected chi connectivity index (χ0v) is 12.4. The van der Waals surface area contributed by atoms with E-state index < -0.39 is 0 Å². The monoisotopic (exact) mass is 288 g/mol. The number of ether oxygens (including phenoxy) is 1. The van der Waals surface area contributed by atoms with Gasteiger partial charge in [-0.15, -0.1) is 0 Å². The minimum absolute atomic E-state index is 0.0112. The lowest BCUT2D eigenvalue weighted by molar-refractivity contribution is -0.121. The van der Waals surface area contributed by atoms with Crippen molar-refractivity contribution in [3.63, 3.8) is 0 Å². The molecule has 2 aromatic rings. The number of aryl methyl sites for hydroxylation is 2. The highest BCUT2D eigenvalue weighted by molar-refractivity contribution is 5.75. The number of benzene rings is 1. The number of hydrogen-bond acceptors (Lipinski definition) is 4. The number of nitrogens with one attached hydrogen (secondary N) is 1. The van der Waals surface area contributed by atoms with Gasteiger partial charge in [-0.2, -0.15) is 5.10 Å². The van der Waals surface area contributed by atoms with Crippen molar-refractivity contribution < 1.29 is 9.53 Å². The summed E-state index contributed by atoms with van der Waals surface area (Å²) in [5.41, 5.74) is 2.29. The van der Waals surface area contributed by atoms with Gasteiger partial charge in [0.1, 0.15) is 18.4 Å². The number of amides is 1. The zero-order chi connectivity index (χ0) is 15.1. The summed E-state index contributed by atoms with van der Waals surface area (Å²) in [6.07, 6.45) is 4.21. The lowest BCUT2D eigenvalue weighted by Crippen LogP contribution is -2.26. The number of methoxy groups -OCH3 is 1. The fourth-order valence-corrected chi connectivity index (χ4v) is 2.09. The van der Waals surface area contributed by atoms with E-state index in [0.29, 0.717) is 19.5 Å². The maximum atomic E-state index is 11.7. The van der Waals surface area contributed by atoms with Gasteiger partial charge in [0.05, 0.1) is 13.7 Å². The van der Waals surface area contributed by atoms with Crippen LogP contribution in [0.3, 0.4) is 0 Å². The molecule has 0 radical (unpaired) electrons. The molecule has 0 fully saturated rings. The second-order valence-corrected chi connectivity index (χ2v) is 4.82. The largest absolute Gasteiger partial charge is 0.496 e. The van der Waals surface area contributed by atoms with Gasteiger partial charge in [0.15, 0.2) is 0 Å². The Labute approximate surface area is 124 Å². The van der Waals surface area contributed by atoms with Crippen molar-refractivity contribution in [1.29, 1.82) is 0 Å². The molecule has 21 heavy (non-hydrogen) atoms. The van der Waals surface area contributed by atoms with Gasteiger partial charge in [0, 0.05) is 13.0 Å². The molecule has 1 aromatic carbocycles. The topological polar surface area (TPSA) is 69.0 Å². The summed E-state index contributed by atoms with van der Waals surface area (Å²) in [4.78, 5) is 15.6. The van der Waals surface area contributed by atoms with E-state index in [9.17, 15) is 4.79 Å². The first-order valence-electron chi connectivity index (χ1n) is 6.91. The van der Waals surface area contributed by atoms with Crippen LogP contribution in [-0.4, -0.2) is 34.3 Å². The number of carbonyl (C=O) groups excluding carboxylic acids is 1. The fourth-order valence-electron chi connectivity index (χ4n) is 2.09. The summed E-state index contributed by atoms with van der Waals surface area (Å²) in [5, 5.41) is 6.87. The minimum atomic E-state index is 0.0112. The lowest BCUT2D eigenvalue weighted by atomic mass is 10.1. The van der Waals surface area contributed by atoms with Crippen LogP contribution in [0, 0.1) is 6.92 Å². The Morgan fingerprint density at radius 2 is 2.29 bits per heavy atom. The summed E-state index contributed by atoms with van der Waals surface area (Å²) in [6, 6.07) is 6.05. The lowest BCUT2D eigenvalue weighted by Gasteiger charge is -2.10. The van der Waals surface area contributed by atoms with E-state index in [4.69, 9.17) is 4.74 Å². The Balaban J connectivity index is 1.76. The highest BCUT2D eigenvalue weighted by atomic mass is 16.5. The minimum Gasteiger partial charge on any atom is -0.496 e. The number of nitrogens with zero attached hydrogens (tertiary/aromatic N) is 3. The molecule has 0 bridgehead atoms. The third-order valence-electron chi connectivity index (χ3n) is 3.19. The molecule has 1 N–H and O–H groups in total. The van der Waals surface area contributed by atoms with Crippen molar-refractivity contribution in [1.82, 2.24) is 20.1 Å². The highest BCUT2D eigenvalue weighted by Crippen LogP contribution is 2.19. The van der Waals surface area contributed by atoms with Crippen LogP contribution in [0.5, 0.6) is 5.75 Å². The summed E-state index contributed by atoms with van der Waals surface area (Å²) in [5.74, 6) is 0.870. The van der Waals surface area contributed by atoms with Gasteiger partial charge < -0.3 is 10.1 Å². The van der Waals surface area contributed by atoms with Crippen LogP contribution in [0.25, 0.3) is 0 Å². The fraction of sp³-hybridized carbons (Fsp3) is 0.400. The van der Waals surface area contributed by atoms with Gasteiger partial charge in [-0.05, 0) is 25.0 Å². The Hall–Kier alpha value is -2.37. The Morgan fingerprint density at radius 3 is 3.00 bits per heavy atom. The molecule has 0 saturated heterocycles. The van der Waals surface area contributed by atoms with Crippen molar-refractivity contribution in [3.8, 4) is 5.75 Å². The van der Waals surface area contributed by atoms with Crippen molar-refractivity contribution >= 4 is 5.91 Å². The smallest absolute Gasteiger partial charge is 0.221 e. The average Bonchev–Trinajstić information content (AvgIpc) is 2.99. The molecule has 0 aliphatic carbocycles. The van der Waals surface area contributed by atoms with Crippen LogP contribution >= 0.6 is 0 Å². The van der Waals surface area contributed by atoms with Crippen LogP contribution in [0.4, 0.5) is 0 Å². The number of hydrogen-bond donors (Lipinski definition) is 1. The summed E-state index contributed by atoms with van der Waals surface area (Å²) >= 11 is 0. The number of rotatable bonds is 7. The van der Waals surface area contributed by atoms with E-state index in [1.807, 2.05) is 19.1 Å². The zero-order valence-electron chi connectivity index (χ0n) is 12.4. The van der Waals surface area contributed by atoms with Gasteiger partial charge in [-0.1, -0.05) is 17.7 Å². The van der Waals surface area contributed by atoms with Gasteiger partial charge >= 0.3 is 0 Å². The molecule has 0 unspecified atom stereocenters. The van der Waals surface area contributed by atoms with Gasteiger partial charge in [-0.3, -0.25) is 9.48 Å². The van der Waals surface area contributed by atoms with E-state index in [-0.39, 0.29) is 5.91 Å². The SMILES string of the molecule is COc1ccc(C)cc1CCNC(=O)CCn1cncn1. The molecule has 6 nitrogen and oxygen atoms in total. The average molecular weight is 288 g/mol. The molecule has 1 aromatic heterocycles. The first-order valence-corrected chi connectivity index (χ1v) is 6.91. The molecule has 0 aliphatic rings. The molecule has 6 heteroatoms. The second kappa shape index (κ2) is 7.42. The van der Waals surface area contributed by atoms with Crippen molar-refractivity contribution in [2.24, 2.45) is 0 Å². The predicted molar refractivity (Wildman–Crippen MR) is 79.1 cm³/mol. The summed E-state index contributed by atoms with van der Waals surface area (Å²) < 4.78 is 6.97. The van der Waals surface area contributed by atoms with Crippen molar-refractivity contribution in [2.45, 2.75) is 26.3 Å². The van der Waals surface area contributed by atoms with E-state index in [1.54, 1.807) is 18.1 Å². The number of carbonyl (C=O) groups is 1. The third kappa shape index (κ3) is 4.59. The summed E-state index contributed by atoms with van der Waals surface area (Å²) in [6.45, 7) is 3.18. The third-order valence-corrected chi connectivity index (χ3v) is 3.19. The molecule has 1 heterocycles. The van der Waals surface area contributed by atoms with Crippen LogP contribution in [-0.2, 0) is 17.8 Å². The molecule has 0 spiro atoms. The van der Waals surface area contributed by atoms with E-state index >= 15 is 0 Å². The normalized spacial score (nSPS) is 10.4. The van der Waals surface area contributed by atoms with Crippen LogP contribution in [0.1, 0.15) is 17.5 Å². The van der Waals surface area contributed by atoms with Crippen LogP contribution in [0.15, 0.2) is 30.9 Å². The van der Waals surface area contributed by atoms with E-state index in [2.05, 4.69) is 21.5 Å². The molecule has 0 aliphatic heterocycles. The molecular weight excluding hydrogens is 268 g/mol. The standard InChI is InChI=1S/C15H20N4O2/c1-12-3-4-14(21-2)13(9-12)5-7-17-15(20)6-8-19-11-16-10-18-19/h3-4,9-11H,5-8H2,1-2H3,(H,17,20). The molecular formula is C15H20N4O2. The molecule has 1 amide bonds. The quantitative estimate of drug-likeness (QED) is 0.835. The number of aromatic nitrogens is 3. The van der Waals surface area contributed by atoms with Gasteiger partial charge in [0.25, 0.3) is 0 Å². The van der Waals surface area contributed by atoms with E-state index in [1.165, 1.54) is 11.9 Å². The van der Waals surface area contributed by atoms with Crippen molar-refractivity contribution in [3.05, 3.63) is 42.0 Å². The first-order chi connectivity index (χ1) is 10.2. The molecule has 0 saturated carbocycles.